The average Bonchev–Trinajstić information content (AvgIpc) is 3.34. The first-order valence-electron chi connectivity index (χ1n) is 11.1. The van der Waals surface area contributed by atoms with Gasteiger partial charge in [0.15, 0.2) is 0 Å². The third kappa shape index (κ3) is 3.79. The van der Waals surface area contributed by atoms with E-state index in [4.69, 9.17) is 11.6 Å². The summed E-state index contributed by atoms with van der Waals surface area (Å²) < 4.78 is 2.31. The average molecular weight is 454 g/mol. The zero-order valence-corrected chi connectivity index (χ0v) is 19.6. The van der Waals surface area contributed by atoms with Crippen molar-refractivity contribution in [1.82, 2.24) is 14.8 Å². The Labute approximate surface area is 192 Å². The molecule has 0 saturated heterocycles. The van der Waals surface area contributed by atoms with Crippen molar-refractivity contribution in [2.45, 2.75) is 52.1 Å². The molecule has 1 aliphatic carbocycles. The number of aromatic nitrogens is 1. The van der Waals surface area contributed by atoms with Crippen molar-refractivity contribution in [3.63, 3.8) is 0 Å². The summed E-state index contributed by atoms with van der Waals surface area (Å²) in [5.74, 6) is 0.397. The van der Waals surface area contributed by atoms with Gasteiger partial charge in [-0.1, -0.05) is 37.6 Å². The molecule has 31 heavy (non-hydrogen) atoms. The molecule has 6 heteroatoms. The van der Waals surface area contributed by atoms with E-state index in [2.05, 4.69) is 48.1 Å². The molecule has 3 heterocycles. The number of amides is 2. The Bertz CT molecular complexity index is 1120. The van der Waals surface area contributed by atoms with Gasteiger partial charge in [-0.3, -0.25) is 0 Å². The zero-order valence-electron chi connectivity index (χ0n) is 18.0. The predicted molar refractivity (Wildman–Crippen MR) is 127 cm³/mol. The Hall–Kier alpha value is -2.24. The van der Waals surface area contributed by atoms with Crippen LogP contribution >= 0.6 is 22.9 Å². The van der Waals surface area contributed by atoms with Crippen molar-refractivity contribution in [2.24, 2.45) is 5.92 Å². The van der Waals surface area contributed by atoms with E-state index in [0.717, 1.165) is 24.1 Å². The van der Waals surface area contributed by atoms with Crippen LogP contribution in [0.1, 0.15) is 60.0 Å². The second-order valence-electron chi connectivity index (χ2n) is 8.96. The van der Waals surface area contributed by atoms with Gasteiger partial charge in [-0.05, 0) is 67.0 Å². The number of rotatable bonds is 3. The Kier molecular flexibility index (Phi) is 5.57. The van der Waals surface area contributed by atoms with Gasteiger partial charge in [-0.25, -0.2) is 4.79 Å². The lowest BCUT2D eigenvalue weighted by molar-refractivity contribution is 0.179. The van der Waals surface area contributed by atoms with Gasteiger partial charge in [0.05, 0.1) is 18.3 Å². The van der Waals surface area contributed by atoms with E-state index >= 15 is 0 Å². The van der Waals surface area contributed by atoms with Crippen molar-refractivity contribution in [2.75, 3.05) is 6.54 Å². The number of fused-ring (bicyclic) bond motifs is 5. The minimum absolute atomic E-state index is 0.0185. The van der Waals surface area contributed by atoms with Crippen LogP contribution in [0.15, 0.2) is 42.6 Å². The van der Waals surface area contributed by atoms with Gasteiger partial charge >= 0.3 is 6.03 Å². The largest absolute Gasteiger partial charge is 0.338 e. The van der Waals surface area contributed by atoms with Crippen LogP contribution in [0.3, 0.4) is 0 Å². The summed E-state index contributed by atoms with van der Waals surface area (Å²) in [5.41, 5.74) is 4.94. The number of aryl methyl sites for hydroxylation is 1. The Morgan fingerprint density at radius 1 is 1.19 bits per heavy atom. The summed E-state index contributed by atoms with van der Waals surface area (Å²) in [6, 6.07) is 11.9. The normalized spacial score (nSPS) is 17.7. The van der Waals surface area contributed by atoms with Crippen molar-refractivity contribution in [3.8, 4) is 5.00 Å². The highest BCUT2D eigenvalue weighted by molar-refractivity contribution is 7.15. The predicted octanol–water partition coefficient (Wildman–Crippen LogP) is 6.34. The van der Waals surface area contributed by atoms with Gasteiger partial charge in [0.1, 0.15) is 5.00 Å². The molecule has 0 unspecified atom stereocenters. The lowest BCUT2D eigenvalue weighted by Gasteiger charge is -2.31. The summed E-state index contributed by atoms with van der Waals surface area (Å²) in [4.78, 5) is 17.0. The summed E-state index contributed by atoms with van der Waals surface area (Å²) in [6.45, 7) is 5.52. The van der Waals surface area contributed by atoms with Crippen LogP contribution in [0, 0.1) is 5.92 Å². The van der Waals surface area contributed by atoms with E-state index in [0.29, 0.717) is 24.0 Å². The number of hydrogen-bond donors (Lipinski definition) is 1. The molecule has 5 rings (SSSR count). The zero-order chi connectivity index (χ0) is 21.5. The highest BCUT2D eigenvalue weighted by Crippen LogP contribution is 2.44. The van der Waals surface area contributed by atoms with Crippen LogP contribution in [0.4, 0.5) is 4.79 Å². The minimum Gasteiger partial charge on any atom is -0.338 e. The maximum Gasteiger partial charge on any atom is 0.318 e. The molecular formula is C25H28ClN3OS. The maximum absolute atomic E-state index is 13.5. The molecule has 0 spiro atoms. The number of nitrogens with one attached hydrogen (secondary N) is 1. The van der Waals surface area contributed by atoms with Crippen molar-refractivity contribution < 1.29 is 4.79 Å². The first kappa shape index (κ1) is 20.7. The fraction of sp³-hybridized carbons (Fsp3) is 0.400. The topological polar surface area (TPSA) is 37.3 Å². The molecule has 2 aliphatic rings. The monoisotopic (exact) mass is 453 g/mol. The summed E-state index contributed by atoms with van der Waals surface area (Å²) in [6.07, 6.45) is 6.89. The van der Waals surface area contributed by atoms with Gasteiger partial charge in [0.2, 0.25) is 0 Å². The molecule has 0 radical (unpaired) electrons. The van der Waals surface area contributed by atoms with E-state index < -0.39 is 0 Å². The lowest BCUT2D eigenvalue weighted by Crippen LogP contribution is -2.43. The highest BCUT2D eigenvalue weighted by atomic mass is 35.5. The van der Waals surface area contributed by atoms with Crippen LogP contribution in [0.2, 0.25) is 5.02 Å². The van der Waals surface area contributed by atoms with Crippen LogP contribution in [0.25, 0.3) is 5.00 Å². The molecular weight excluding hydrogens is 426 g/mol. The van der Waals surface area contributed by atoms with Gasteiger partial charge in [-0.2, -0.15) is 0 Å². The molecule has 1 aliphatic heterocycles. The number of halogens is 1. The van der Waals surface area contributed by atoms with Gasteiger partial charge in [0, 0.05) is 28.2 Å². The fourth-order valence-electron chi connectivity index (χ4n) is 4.81. The number of thiophene rings is 1. The molecule has 1 N–H and O–H groups in total. The summed E-state index contributed by atoms with van der Waals surface area (Å²) in [7, 11) is 0. The van der Waals surface area contributed by atoms with E-state index in [-0.39, 0.29) is 12.1 Å². The van der Waals surface area contributed by atoms with E-state index in [1.807, 2.05) is 34.4 Å². The second-order valence-corrected chi connectivity index (χ2v) is 10.5. The second kappa shape index (κ2) is 8.36. The third-order valence-corrected chi connectivity index (χ3v) is 7.83. The Morgan fingerprint density at radius 2 is 2.03 bits per heavy atom. The lowest BCUT2D eigenvalue weighted by atomic mass is 9.95. The quantitative estimate of drug-likeness (QED) is 0.493. The number of hydrogen-bond acceptors (Lipinski definition) is 2. The van der Waals surface area contributed by atoms with E-state index in [9.17, 15) is 4.79 Å². The van der Waals surface area contributed by atoms with Crippen LogP contribution in [0.5, 0.6) is 0 Å². The number of urea groups is 1. The molecule has 4 nitrogen and oxygen atoms in total. The first-order chi connectivity index (χ1) is 15.0. The number of carbonyl (C=O) groups is 1. The Balaban J connectivity index is 1.67. The van der Waals surface area contributed by atoms with Crippen LogP contribution in [-0.4, -0.2) is 22.0 Å². The molecule has 2 amide bonds. The molecule has 162 valence electrons. The third-order valence-electron chi connectivity index (χ3n) is 6.27. The van der Waals surface area contributed by atoms with Gasteiger partial charge in [0.25, 0.3) is 0 Å². The smallest absolute Gasteiger partial charge is 0.318 e. The van der Waals surface area contributed by atoms with Crippen molar-refractivity contribution in [3.05, 3.63) is 74.9 Å². The molecule has 1 aromatic carbocycles. The summed E-state index contributed by atoms with van der Waals surface area (Å²) in [5, 5.41) is 5.13. The summed E-state index contributed by atoms with van der Waals surface area (Å²) >= 11 is 8.28. The fourth-order valence-corrected chi connectivity index (χ4v) is 6.41. The van der Waals surface area contributed by atoms with Gasteiger partial charge in [-0.15, -0.1) is 11.3 Å². The standard InChI is InChI=1S/C25H28ClN3OS/c1-16(2)14-27-25(30)29-15-20-19-9-3-4-11-22(19)31-24(20)28-12-6-10-21(28)23(29)17-7-5-8-18(26)13-17/h5-8,10,12-13,16,23H,3-4,9,11,14-15H2,1-2H3,(H,27,30)/t23-/m0/s1. The van der Waals surface area contributed by atoms with Crippen LogP contribution in [-0.2, 0) is 19.4 Å². The number of benzene rings is 1. The molecule has 1 atom stereocenters. The Morgan fingerprint density at radius 3 is 2.84 bits per heavy atom. The molecule has 3 aromatic rings. The highest BCUT2D eigenvalue weighted by Gasteiger charge is 2.36. The SMILES string of the molecule is CC(C)CNC(=O)N1Cc2c(sc3c2CCCC3)-n2cccc2[C@@H]1c1cccc(Cl)c1. The van der Waals surface area contributed by atoms with Crippen LogP contribution < -0.4 is 5.32 Å². The van der Waals surface area contributed by atoms with E-state index in [1.54, 1.807) is 0 Å². The minimum atomic E-state index is -0.195. The van der Waals surface area contributed by atoms with E-state index in [1.165, 1.54) is 33.8 Å². The van der Waals surface area contributed by atoms with Crippen molar-refractivity contribution in [1.29, 1.82) is 0 Å². The molecule has 0 fully saturated rings. The number of nitrogens with zero attached hydrogens (tertiary/aromatic N) is 2. The van der Waals surface area contributed by atoms with Crippen molar-refractivity contribution >= 4 is 29.0 Å². The molecule has 0 bridgehead atoms. The maximum atomic E-state index is 13.5. The number of carbonyl (C=O) groups excluding carboxylic acids is 1. The first-order valence-corrected chi connectivity index (χ1v) is 12.3. The molecule has 2 aromatic heterocycles. The molecule has 0 saturated carbocycles. The van der Waals surface area contributed by atoms with Gasteiger partial charge < -0.3 is 14.8 Å².